The maximum atomic E-state index is 15.3. The van der Waals surface area contributed by atoms with Crippen molar-refractivity contribution >= 4 is 28.2 Å². The number of amides is 1. The summed E-state index contributed by atoms with van der Waals surface area (Å²) in [6.07, 6.45) is 1.57. The number of anilines is 2. The number of ether oxygens (including phenoxy) is 3. The highest BCUT2D eigenvalue weighted by Gasteiger charge is 2.73. The number of aromatic nitrogens is 1. The number of hydrazine groups is 1. The van der Waals surface area contributed by atoms with Crippen molar-refractivity contribution in [2.45, 2.75) is 19.9 Å². The molecule has 47 heavy (non-hydrogen) atoms. The molecule has 4 aromatic rings. The second-order valence-corrected chi connectivity index (χ2v) is 12.2. The SMILES string of the molecule is COc1cc2c(Oc3ccc(N[N+](=O)[C@H]4[C@@H](C(=O)Nc5ccc(F)cc5)C4(C)C)cc3F)ccnc2cc1OCCN1CCNCC1. The lowest BCUT2D eigenvalue weighted by Gasteiger charge is -2.27. The van der Waals surface area contributed by atoms with Crippen molar-refractivity contribution < 1.29 is 32.7 Å². The number of pyridine rings is 1. The molecule has 1 saturated heterocycles. The van der Waals surface area contributed by atoms with Crippen LogP contribution in [0, 0.1) is 27.9 Å². The highest BCUT2D eigenvalue weighted by atomic mass is 19.1. The first-order valence-corrected chi connectivity index (χ1v) is 15.4. The van der Waals surface area contributed by atoms with Gasteiger partial charge in [0, 0.05) is 62.1 Å². The van der Waals surface area contributed by atoms with Gasteiger partial charge in [0.2, 0.25) is 5.91 Å². The number of piperazine rings is 1. The van der Waals surface area contributed by atoms with E-state index in [1.807, 2.05) is 0 Å². The number of carbonyl (C=O) groups excluding carboxylic acids is 1. The molecule has 0 unspecified atom stereocenters. The average Bonchev–Trinajstić information content (AvgIpc) is 3.65. The molecule has 1 aromatic heterocycles. The number of nitrogens with one attached hydrogen (secondary N) is 3. The van der Waals surface area contributed by atoms with Gasteiger partial charge in [-0.2, -0.15) is 0 Å². The third-order valence-electron chi connectivity index (χ3n) is 8.67. The van der Waals surface area contributed by atoms with Crippen molar-refractivity contribution in [3.8, 4) is 23.0 Å². The molecular weight excluding hydrogens is 610 g/mol. The Balaban J connectivity index is 1.10. The van der Waals surface area contributed by atoms with Gasteiger partial charge in [-0.25, -0.2) is 8.78 Å². The summed E-state index contributed by atoms with van der Waals surface area (Å²) in [5, 5.41) is 6.66. The number of nitroso groups, excluding NO2 is 1. The lowest BCUT2D eigenvalue weighted by atomic mass is 10.1. The summed E-state index contributed by atoms with van der Waals surface area (Å²) in [6.45, 7) is 8.75. The van der Waals surface area contributed by atoms with Crippen LogP contribution in [0.25, 0.3) is 10.9 Å². The summed E-state index contributed by atoms with van der Waals surface area (Å²) < 4.78 is 46.1. The smallest absolute Gasteiger partial charge is 0.253 e. The van der Waals surface area contributed by atoms with Crippen LogP contribution in [0.2, 0.25) is 0 Å². The van der Waals surface area contributed by atoms with E-state index in [0.29, 0.717) is 45.3 Å². The first-order chi connectivity index (χ1) is 22.6. The lowest BCUT2D eigenvalue weighted by molar-refractivity contribution is -0.540. The fourth-order valence-electron chi connectivity index (χ4n) is 5.96. The number of carbonyl (C=O) groups is 1. The van der Waals surface area contributed by atoms with Gasteiger partial charge in [0.05, 0.1) is 22.9 Å². The lowest BCUT2D eigenvalue weighted by Crippen LogP contribution is -2.44. The molecule has 3 N–H and O–H groups in total. The van der Waals surface area contributed by atoms with Crippen molar-refractivity contribution in [1.82, 2.24) is 15.2 Å². The van der Waals surface area contributed by atoms with Crippen molar-refractivity contribution in [3.05, 3.63) is 83.4 Å². The van der Waals surface area contributed by atoms with E-state index in [9.17, 15) is 14.1 Å². The van der Waals surface area contributed by atoms with Crippen molar-refractivity contribution in [3.63, 3.8) is 0 Å². The van der Waals surface area contributed by atoms with E-state index >= 15 is 4.39 Å². The third-order valence-corrected chi connectivity index (χ3v) is 8.67. The number of halogens is 2. The molecule has 0 bridgehead atoms. The Morgan fingerprint density at radius 2 is 1.74 bits per heavy atom. The largest absolute Gasteiger partial charge is 0.493 e. The molecule has 0 spiro atoms. The second kappa shape index (κ2) is 13.5. The van der Waals surface area contributed by atoms with E-state index in [4.69, 9.17) is 14.2 Å². The van der Waals surface area contributed by atoms with Gasteiger partial charge in [-0.3, -0.25) is 14.7 Å². The number of hydrogen-bond donors (Lipinski definition) is 3. The van der Waals surface area contributed by atoms with Gasteiger partial charge in [-0.15, -0.1) is 5.43 Å². The molecule has 1 aliphatic carbocycles. The molecule has 1 aliphatic heterocycles. The van der Waals surface area contributed by atoms with E-state index in [1.54, 1.807) is 45.4 Å². The van der Waals surface area contributed by atoms with Crippen molar-refractivity contribution in [2.75, 3.05) is 57.2 Å². The Morgan fingerprint density at radius 3 is 2.47 bits per heavy atom. The van der Waals surface area contributed by atoms with Crippen LogP contribution in [0.5, 0.6) is 23.0 Å². The molecule has 2 atom stereocenters. The Morgan fingerprint density at radius 1 is 1.00 bits per heavy atom. The molecule has 13 heteroatoms. The molecule has 1 amide bonds. The van der Waals surface area contributed by atoms with Gasteiger partial charge in [0.25, 0.3) is 6.04 Å². The molecule has 2 heterocycles. The molecule has 2 aliphatic rings. The first kappa shape index (κ1) is 32.1. The van der Waals surface area contributed by atoms with E-state index in [2.05, 4.69) is 25.9 Å². The van der Waals surface area contributed by atoms with Crippen LogP contribution < -0.4 is 30.3 Å². The number of nitrogens with zero attached hydrogens (tertiary/aromatic N) is 3. The summed E-state index contributed by atoms with van der Waals surface area (Å²) in [5.41, 5.74) is 3.19. The Labute approximate surface area is 270 Å². The minimum Gasteiger partial charge on any atom is -0.493 e. The van der Waals surface area contributed by atoms with Crippen LogP contribution in [-0.2, 0) is 4.79 Å². The van der Waals surface area contributed by atoms with Crippen molar-refractivity contribution in [2.24, 2.45) is 11.3 Å². The zero-order valence-corrected chi connectivity index (χ0v) is 26.4. The number of rotatable bonds is 12. The Kier molecular flexibility index (Phi) is 9.19. The number of hydrogen-bond acceptors (Lipinski definition) is 8. The standard InChI is InChI=1S/C34H36F2N6O5/c1-34(2)31(33(43)39-22-6-4-21(35)5-7-22)32(34)42(44)40-23-8-9-28(25(36)18-23)47-27-10-11-38-26-20-30(29(45-3)19-24(26)27)46-17-16-41-14-12-37-13-15-41/h4-11,18-20,31-32,37H,12-17H2,1-3H3,(H-,39,40,43,44)/p+1/t31-,32-/m0/s1. The van der Waals surface area contributed by atoms with Gasteiger partial charge in [-0.1, -0.05) is 13.8 Å². The van der Waals surface area contributed by atoms with E-state index in [-0.39, 0.29) is 17.3 Å². The van der Waals surface area contributed by atoms with Crippen LogP contribution in [-0.4, -0.2) is 73.1 Å². The minimum absolute atomic E-state index is 0.0564. The molecule has 6 rings (SSSR count). The molecule has 246 valence electrons. The van der Waals surface area contributed by atoms with Gasteiger partial charge in [0.15, 0.2) is 23.1 Å². The normalized spacial score (nSPS) is 18.7. The first-order valence-electron chi connectivity index (χ1n) is 15.4. The van der Waals surface area contributed by atoms with Gasteiger partial charge in [-0.05, 0) is 48.5 Å². The quantitative estimate of drug-likeness (QED) is 0.138. The molecule has 0 radical (unpaired) electrons. The van der Waals surface area contributed by atoms with Gasteiger partial charge in [0.1, 0.15) is 34.6 Å². The van der Waals surface area contributed by atoms with Crippen LogP contribution in [0.4, 0.5) is 20.2 Å². The zero-order valence-electron chi connectivity index (χ0n) is 26.4. The highest BCUT2D eigenvalue weighted by Crippen LogP contribution is 2.54. The summed E-state index contributed by atoms with van der Waals surface area (Å²) in [6, 6.07) is 13.9. The van der Waals surface area contributed by atoms with E-state index in [1.165, 1.54) is 36.4 Å². The number of fused-ring (bicyclic) bond motifs is 1. The third kappa shape index (κ3) is 7.10. The van der Waals surface area contributed by atoms with E-state index < -0.39 is 29.0 Å². The maximum Gasteiger partial charge on any atom is 0.253 e. The second-order valence-electron chi connectivity index (χ2n) is 12.2. The Bertz CT molecular complexity index is 1780. The summed E-state index contributed by atoms with van der Waals surface area (Å²) in [4.78, 5) is 33.3. The number of benzene rings is 3. The molecule has 3 aromatic carbocycles. The fraction of sp³-hybridized carbons (Fsp3) is 0.353. The summed E-state index contributed by atoms with van der Waals surface area (Å²) in [7, 11) is 1.55. The zero-order chi connectivity index (χ0) is 33.1. The maximum absolute atomic E-state index is 15.3. The highest BCUT2D eigenvalue weighted by molar-refractivity contribution is 5.95. The fourth-order valence-corrected chi connectivity index (χ4v) is 5.96. The van der Waals surface area contributed by atoms with Gasteiger partial charge >= 0.3 is 0 Å². The molecule has 11 nitrogen and oxygen atoms in total. The Hall–Kier alpha value is -4.88. The molecule has 1 saturated carbocycles. The van der Waals surface area contributed by atoms with Crippen LogP contribution in [0.3, 0.4) is 0 Å². The molecular formula is C34H37F2N6O5+. The minimum atomic E-state index is -0.712. The predicted molar refractivity (Wildman–Crippen MR) is 173 cm³/mol. The molecule has 2 fully saturated rings. The summed E-state index contributed by atoms with van der Waals surface area (Å²) in [5.74, 6) is -0.763. The van der Waals surface area contributed by atoms with Crippen LogP contribution >= 0.6 is 0 Å². The number of methoxy groups -OCH3 is 1. The topological polar surface area (TPSA) is 117 Å². The monoisotopic (exact) mass is 647 g/mol. The predicted octanol–water partition coefficient (Wildman–Crippen LogP) is 5.37. The average molecular weight is 648 g/mol. The van der Waals surface area contributed by atoms with Gasteiger partial charge < -0.3 is 24.8 Å². The summed E-state index contributed by atoms with van der Waals surface area (Å²) >= 11 is 0. The van der Waals surface area contributed by atoms with Crippen LogP contribution in [0.15, 0.2) is 66.9 Å². The van der Waals surface area contributed by atoms with E-state index in [0.717, 1.165) is 38.8 Å². The van der Waals surface area contributed by atoms with Crippen molar-refractivity contribution in [1.29, 1.82) is 0 Å². The van der Waals surface area contributed by atoms with Crippen LogP contribution in [0.1, 0.15) is 13.8 Å².